The highest BCUT2D eigenvalue weighted by atomic mass is 28.4. The van der Waals surface area contributed by atoms with Crippen molar-refractivity contribution < 1.29 is 17.7 Å². The van der Waals surface area contributed by atoms with E-state index in [-0.39, 0.29) is 0 Å². The quantitative estimate of drug-likeness (QED) is 0.143. The van der Waals surface area contributed by atoms with Gasteiger partial charge < -0.3 is 17.7 Å². The number of hydrogen-bond acceptors (Lipinski definition) is 4. The molecular weight excluding hydrogens is 356 g/mol. The van der Waals surface area contributed by atoms with Crippen LogP contribution >= 0.6 is 0 Å². The second kappa shape index (κ2) is 20.8. The van der Waals surface area contributed by atoms with Crippen LogP contribution in [0.2, 0.25) is 0 Å². The van der Waals surface area contributed by atoms with E-state index in [1.54, 1.807) is 0 Å². The van der Waals surface area contributed by atoms with E-state index in [0.29, 0.717) is 26.4 Å². The molecule has 0 aromatic heterocycles. The SMILES string of the molecule is CCCCCCCO[Si](OCCCCC)(OCCCCC)OCCCCC. The van der Waals surface area contributed by atoms with Gasteiger partial charge in [-0.05, 0) is 25.7 Å². The summed E-state index contributed by atoms with van der Waals surface area (Å²) in [5.74, 6) is 0. The standard InChI is InChI=1S/C22H48O4Si/c1-5-9-13-14-18-22-26-27(23-19-15-10-6-2,24-20-16-11-7-3)25-21-17-12-8-4/h5-22H2,1-4H3. The molecule has 0 aliphatic rings. The molecule has 0 aromatic rings. The van der Waals surface area contributed by atoms with Crippen molar-refractivity contribution in [1.29, 1.82) is 0 Å². The van der Waals surface area contributed by atoms with E-state index >= 15 is 0 Å². The first kappa shape index (κ1) is 27.1. The molecule has 0 spiro atoms. The number of unbranched alkanes of at least 4 members (excludes halogenated alkanes) is 10. The van der Waals surface area contributed by atoms with Crippen molar-refractivity contribution in [3.63, 3.8) is 0 Å². The molecule has 0 unspecified atom stereocenters. The summed E-state index contributed by atoms with van der Waals surface area (Å²) < 4.78 is 24.8. The van der Waals surface area contributed by atoms with Gasteiger partial charge in [-0.25, -0.2) is 0 Å². The highest BCUT2D eigenvalue weighted by Crippen LogP contribution is 2.17. The topological polar surface area (TPSA) is 36.9 Å². The maximum Gasteiger partial charge on any atom is 0.679 e. The van der Waals surface area contributed by atoms with Crippen molar-refractivity contribution in [2.45, 2.75) is 118 Å². The molecule has 0 heterocycles. The van der Waals surface area contributed by atoms with Crippen LogP contribution in [0.5, 0.6) is 0 Å². The smallest absolute Gasteiger partial charge is 0.351 e. The van der Waals surface area contributed by atoms with Gasteiger partial charge in [0.25, 0.3) is 0 Å². The largest absolute Gasteiger partial charge is 0.679 e. The average Bonchev–Trinajstić information content (AvgIpc) is 2.68. The molecule has 0 aliphatic heterocycles. The zero-order chi connectivity index (χ0) is 20.1. The van der Waals surface area contributed by atoms with Crippen molar-refractivity contribution in [2.75, 3.05) is 26.4 Å². The maximum atomic E-state index is 6.22. The summed E-state index contributed by atoms with van der Waals surface area (Å²) in [5, 5.41) is 0. The van der Waals surface area contributed by atoms with Gasteiger partial charge in [-0.3, -0.25) is 0 Å². The summed E-state index contributed by atoms with van der Waals surface area (Å²) in [6, 6.07) is 0. The molecule has 0 amide bonds. The Morgan fingerprint density at radius 3 is 0.963 bits per heavy atom. The van der Waals surface area contributed by atoms with Gasteiger partial charge in [0.15, 0.2) is 0 Å². The highest BCUT2D eigenvalue weighted by molar-refractivity contribution is 6.53. The van der Waals surface area contributed by atoms with Crippen molar-refractivity contribution in [1.82, 2.24) is 0 Å². The molecule has 0 saturated heterocycles. The van der Waals surface area contributed by atoms with Crippen molar-refractivity contribution in [3.8, 4) is 0 Å². The zero-order valence-corrected chi connectivity index (χ0v) is 19.9. The number of rotatable bonds is 22. The summed E-state index contributed by atoms with van der Waals surface area (Å²) in [6.45, 7) is 11.6. The maximum absolute atomic E-state index is 6.22. The predicted molar refractivity (Wildman–Crippen MR) is 117 cm³/mol. The van der Waals surface area contributed by atoms with Gasteiger partial charge in [0.2, 0.25) is 0 Å². The molecule has 0 aliphatic carbocycles. The van der Waals surface area contributed by atoms with Crippen LogP contribution in [0.3, 0.4) is 0 Å². The lowest BCUT2D eigenvalue weighted by Crippen LogP contribution is -2.50. The number of hydrogen-bond donors (Lipinski definition) is 0. The van der Waals surface area contributed by atoms with E-state index in [4.69, 9.17) is 17.7 Å². The fourth-order valence-corrected chi connectivity index (χ4v) is 4.88. The first-order valence-electron chi connectivity index (χ1n) is 11.8. The van der Waals surface area contributed by atoms with Crippen LogP contribution in [-0.2, 0) is 17.7 Å². The van der Waals surface area contributed by atoms with Gasteiger partial charge in [-0.1, -0.05) is 91.9 Å². The Morgan fingerprint density at radius 2 is 0.630 bits per heavy atom. The van der Waals surface area contributed by atoms with Crippen molar-refractivity contribution in [2.24, 2.45) is 0 Å². The second-order valence-electron chi connectivity index (χ2n) is 7.43. The van der Waals surface area contributed by atoms with E-state index in [2.05, 4.69) is 27.7 Å². The Morgan fingerprint density at radius 1 is 0.370 bits per heavy atom. The highest BCUT2D eigenvalue weighted by Gasteiger charge is 2.45. The lowest BCUT2D eigenvalue weighted by atomic mass is 10.2. The summed E-state index contributed by atoms with van der Waals surface area (Å²) in [6.07, 6.45) is 16.3. The van der Waals surface area contributed by atoms with Crippen LogP contribution in [0, 0.1) is 0 Å². The molecule has 0 atom stereocenters. The lowest BCUT2D eigenvalue weighted by Gasteiger charge is -2.28. The van der Waals surface area contributed by atoms with E-state index in [9.17, 15) is 0 Å². The van der Waals surface area contributed by atoms with Crippen LogP contribution in [-0.4, -0.2) is 35.5 Å². The van der Waals surface area contributed by atoms with Gasteiger partial charge in [0.1, 0.15) is 0 Å². The summed E-state index contributed by atoms with van der Waals surface area (Å²) in [7, 11) is -3.01. The van der Waals surface area contributed by atoms with Gasteiger partial charge in [-0.15, -0.1) is 0 Å². The molecule has 4 nitrogen and oxygen atoms in total. The first-order chi connectivity index (χ1) is 13.2. The van der Waals surface area contributed by atoms with Crippen LogP contribution < -0.4 is 0 Å². The molecule has 5 heteroatoms. The Kier molecular flexibility index (Phi) is 20.8. The Balaban J connectivity index is 4.61. The average molecular weight is 405 g/mol. The minimum Gasteiger partial charge on any atom is -0.351 e. The first-order valence-corrected chi connectivity index (χ1v) is 13.4. The van der Waals surface area contributed by atoms with Gasteiger partial charge >= 0.3 is 9.05 Å². The third kappa shape index (κ3) is 16.7. The molecule has 0 radical (unpaired) electrons. The molecule has 0 fully saturated rings. The third-order valence-electron chi connectivity index (χ3n) is 4.61. The van der Waals surface area contributed by atoms with Crippen LogP contribution in [0.25, 0.3) is 0 Å². The van der Waals surface area contributed by atoms with Gasteiger partial charge in [0.05, 0.1) is 0 Å². The third-order valence-corrected chi connectivity index (χ3v) is 6.84. The van der Waals surface area contributed by atoms with E-state index in [1.807, 2.05) is 0 Å². The molecular formula is C22H48O4Si. The fourth-order valence-electron chi connectivity index (χ4n) is 2.80. The van der Waals surface area contributed by atoms with Crippen LogP contribution in [0.1, 0.15) is 118 Å². The monoisotopic (exact) mass is 404 g/mol. The Bertz CT molecular complexity index is 258. The normalized spacial score (nSPS) is 12.0. The predicted octanol–water partition coefficient (Wildman–Crippen LogP) is 7.03. The Labute approximate surface area is 171 Å². The minimum absolute atomic E-state index is 0.678. The summed E-state index contributed by atoms with van der Waals surface area (Å²) >= 11 is 0. The fraction of sp³-hybridized carbons (Fsp3) is 1.00. The molecule has 164 valence electrons. The van der Waals surface area contributed by atoms with Gasteiger partial charge in [-0.2, -0.15) is 0 Å². The van der Waals surface area contributed by atoms with Crippen molar-refractivity contribution in [3.05, 3.63) is 0 Å². The summed E-state index contributed by atoms with van der Waals surface area (Å²) in [4.78, 5) is 0. The van der Waals surface area contributed by atoms with Crippen molar-refractivity contribution >= 4 is 9.05 Å². The molecule has 0 aromatic carbocycles. The van der Waals surface area contributed by atoms with E-state index < -0.39 is 9.05 Å². The minimum atomic E-state index is -3.01. The molecule has 0 bridgehead atoms. The molecule has 0 saturated carbocycles. The molecule has 0 N–H and O–H groups in total. The van der Waals surface area contributed by atoms with E-state index in [0.717, 1.165) is 25.7 Å². The zero-order valence-electron chi connectivity index (χ0n) is 18.9. The second-order valence-corrected chi connectivity index (χ2v) is 9.58. The molecule has 27 heavy (non-hydrogen) atoms. The lowest BCUT2D eigenvalue weighted by molar-refractivity contribution is -0.0374. The van der Waals surface area contributed by atoms with Crippen LogP contribution in [0.4, 0.5) is 0 Å². The van der Waals surface area contributed by atoms with Crippen LogP contribution in [0.15, 0.2) is 0 Å². The molecule has 0 rings (SSSR count). The van der Waals surface area contributed by atoms with E-state index in [1.165, 1.54) is 64.2 Å². The van der Waals surface area contributed by atoms with Gasteiger partial charge in [0, 0.05) is 26.4 Å². The summed E-state index contributed by atoms with van der Waals surface area (Å²) in [5.41, 5.74) is 0. The Hall–Kier alpha value is 0.0569.